The third-order valence-corrected chi connectivity index (χ3v) is 2.92. The van der Waals surface area contributed by atoms with Crippen molar-refractivity contribution in [1.29, 1.82) is 0 Å². The van der Waals surface area contributed by atoms with E-state index in [0.29, 0.717) is 11.4 Å². The van der Waals surface area contributed by atoms with Gasteiger partial charge in [0.05, 0.1) is 12.1 Å². The van der Waals surface area contributed by atoms with Gasteiger partial charge < -0.3 is 16.4 Å². The number of nitrogens with two attached hydrogens (primary N) is 1. The third-order valence-electron chi connectivity index (χ3n) is 2.92. The predicted molar refractivity (Wildman–Crippen MR) is 87.1 cm³/mol. The summed E-state index contributed by atoms with van der Waals surface area (Å²) < 4.78 is 0. The summed E-state index contributed by atoms with van der Waals surface area (Å²) in [6, 6.07) is 14.6. The highest BCUT2D eigenvalue weighted by Gasteiger charge is 2.10. The van der Waals surface area contributed by atoms with Crippen molar-refractivity contribution in [2.45, 2.75) is 0 Å². The molecule has 7 nitrogen and oxygen atoms in total. The van der Waals surface area contributed by atoms with Gasteiger partial charge in [0.15, 0.2) is 0 Å². The molecule has 5 N–H and O–H groups in total. The molecule has 2 aromatic carbocycles. The molecule has 0 aromatic heterocycles. The van der Waals surface area contributed by atoms with Crippen LogP contribution in [0.4, 0.5) is 16.2 Å². The van der Waals surface area contributed by atoms with Crippen LogP contribution in [0.1, 0.15) is 10.4 Å². The summed E-state index contributed by atoms with van der Waals surface area (Å²) in [5.74, 6) is -1.15. The van der Waals surface area contributed by atoms with Gasteiger partial charge in [-0.25, -0.2) is 4.79 Å². The fourth-order valence-corrected chi connectivity index (χ4v) is 1.88. The predicted octanol–water partition coefficient (Wildman–Crippen LogP) is 1.55. The summed E-state index contributed by atoms with van der Waals surface area (Å²) >= 11 is 0. The number of nitrogens with one attached hydrogen (secondary N) is 3. The number of carbonyl (C=O) groups excluding carboxylic acids is 3. The number of rotatable bonds is 5. The Hall–Kier alpha value is -3.35. The minimum atomic E-state index is -0.633. The molecule has 0 unspecified atom stereocenters. The number of hydrogen-bond acceptors (Lipinski definition) is 4. The zero-order valence-electron chi connectivity index (χ0n) is 12.2. The second-order valence-electron chi connectivity index (χ2n) is 4.63. The fourth-order valence-electron chi connectivity index (χ4n) is 1.88. The Bertz CT molecular complexity index is 716. The summed E-state index contributed by atoms with van der Waals surface area (Å²) in [5, 5.41) is 7.48. The highest BCUT2D eigenvalue weighted by molar-refractivity contribution is 6.03. The zero-order chi connectivity index (χ0) is 16.7. The molecule has 0 fully saturated rings. The lowest BCUT2D eigenvalue weighted by molar-refractivity contribution is -0.118. The second-order valence-corrected chi connectivity index (χ2v) is 4.63. The maximum Gasteiger partial charge on any atom is 0.325 e. The topological polar surface area (TPSA) is 113 Å². The number of imide groups is 1. The monoisotopic (exact) mass is 312 g/mol. The molecule has 0 saturated carbocycles. The van der Waals surface area contributed by atoms with Crippen molar-refractivity contribution >= 4 is 29.2 Å². The minimum absolute atomic E-state index is 0.174. The molecular formula is C16H16N4O3. The van der Waals surface area contributed by atoms with Gasteiger partial charge in [-0.2, -0.15) is 0 Å². The molecule has 7 heteroatoms. The maximum atomic E-state index is 11.7. The van der Waals surface area contributed by atoms with Crippen molar-refractivity contribution in [2.75, 3.05) is 17.2 Å². The zero-order valence-corrected chi connectivity index (χ0v) is 12.2. The van der Waals surface area contributed by atoms with Crippen LogP contribution >= 0.6 is 0 Å². The molecule has 2 aromatic rings. The number of hydrogen-bond donors (Lipinski definition) is 4. The van der Waals surface area contributed by atoms with E-state index in [4.69, 9.17) is 5.73 Å². The Balaban J connectivity index is 1.86. The van der Waals surface area contributed by atoms with Crippen molar-refractivity contribution < 1.29 is 14.4 Å². The first kappa shape index (κ1) is 16.0. The molecule has 23 heavy (non-hydrogen) atoms. The van der Waals surface area contributed by atoms with Gasteiger partial charge in [-0.1, -0.05) is 30.3 Å². The van der Waals surface area contributed by atoms with Gasteiger partial charge in [0.25, 0.3) is 5.91 Å². The lowest BCUT2D eigenvalue weighted by atomic mass is 10.1. The summed E-state index contributed by atoms with van der Waals surface area (Å²) in [7, 11) is 0. The standard InChI is InChI=1S/C16H16N4O3/c17-15(22)12-8-4-5-9-13(12)18-10-14(21)20-16(23)19-11-6-2-1-3-7-11/h1-9,18H,10H2,(H2,17,22)(H2,19,20,21,23). The van der Waals surface area contributed by atoms with Crippen LogP contribution < -0.4 is 21.7 Å². The summed E-state index contributed by atoms with van der Waals surface area (Å²) in [6.45, 7) is -0.174. The van der Waals surface area contributed by atoms with E-state index in [0.717, 1.165) is 0 Å². The van der Waals surface area contributed by atoms with Crippen LogP contribution in [0.3, 0.4) is 0 Å². The molecule has 118 valence electrons. The van der Waals surface area contributed by atoms with E-state index in [9.17, 15) is 14.4 Å². The van der Waals surface area contributed by atoms with Crippen LogP contribution in [0.2, 0.25) is 0 Å². The number of urea groups is 1. The normalized spacial score (nSPS) is 9.74. The second kappa shape index (κ2) is 7.60. The molecule has 0 radical (unpaired) electrons. The van der Waals surface area contributed by atoms with E-state index in [2.05, 4.69) is 16.0 Å². The van der Waals surface area contributed by atoms with E-state index in [1.807, 2.05) is 6.07 Å². The SMILES string of the molecule is NC(=O)c1ccccc1NCC(=O)NC(=O)Nc1ccccc1. The molecular weight excluding hydrogens is 296 g/mol. The first-order valence-corrected chi connectivity index (χ1v) is 6.85. The van der Waals surface area contributed by atoms with Crippen LogP contribution in [0.5, 0.6) is 0 Å². The van der Waals surface area contributed by atoms with Gasteiger partial charge in [0.2, 0.25) is 5.91 Å². The number of primary amides is 1. The molecule has 0 heterocycles. The quantitative estimate of drug-likeness (QED) is 0.670. The largest absolute Gasteiger partial charge is 0.375 e. The van der Waals surface area contributed by atoms with E-state index in [1.165, 1.54) is 0 Å². The third kappa shape index (κ3) is 4.85. The van der Waals surface area contributed by atoms with Crippen molar-refractivity contribution in [3.05, 3.63) is 60.2 Å². The van der Waals surface area contributed by atoms with E-state index >= 15 is 0 Å². The van der Waals surface area contributed by atoms with E-state index in [-0.39, 0.29) is 12.1 Å². The van der Waals surface area contributed by atoms with Gasteiger partial charge in [0.1, 0.15) is 0 Å². The Labute approximate surface area is 132 Å². The summed E-state index contributed by atoms with van der Waals surface area (Å²) in [6.07, 6.45) is 0. The number of anilines is 2. The van der Waals surface area contributed by atoms with Gasteiger partial charge in [0, 0.05) is 11.4 Å². The van der Waals surface area contributed by atoms with Crippen molar-refractivity contribution in [3.8, 4) is 0 Å². The minimum Gasteiger partial charge on any atom is -0.375 e. The Morgan fingerprint density at radius 3 is 2.26 bits per heavy atom. The Morgan fingerprint density at radius 2 is 1.57 bits per heavy atom. The van der Waals surface area contributed by atoms with Crippen LogP contribution in [-0.2, 0) is 4.79 Å². The fraction of sp³-hybridized carbons (Fsp3) is 0.0625. The highest BCUT2D eigenvalue weighted by Crippen LogP contribution is 2.13. The molecule has 0 saturated heterocycles. The average Bonchev–Trinajstić information content (AvgIpc) is 2.54. The van der Waals surface area contributed by atoms with Gasteiger partial charge in [-0.15, -0.1) is 0 Å². The van der Waals surface area contributed by atoms with Crippen molar-refractivity contribution in [2.24, 2.45) is 5.73 Å². The van der Waals surface area contributed by atoms with Crippen LogP contribution in [0.15, 0.2) is 54.6 Å². The van der Waals surface area contributed by atoms with Crippen LogP contribution in [0, 0.1) is 0 Å². The number of amides is 4. The van der Waals surface area contributed by atoms with Crippen molar-refractivity contribution in [3.63, 3.8) is 0 Å². The average molecular weight is 312 g/mol. The molecule has 4 amide bonds. The summed E-state index contributed by atoms with van der Waals surface area (Å²) in [5.41, 5.74) is 6.52. The van der Waals surface area contributed by atoms with Gasteiger partial charge in [-0.05, 0) is 24.3 Å². The van der Waals surface area contributed by atoms with Gasteiger partial charge in [-0.3, -0.25) is 14.9 Å². The molecule has 0 atom stereocenters. The molecule has 0 aliphatic rings. The first-order valence-electron chi connectivity index (χ1n) is 6.85. The Morgan fingerprint density at radius 1 is 0.913 bits per heavy atom. The van der Waals surface area contributed by atoms with E-state index < -0.39 is 17.8 Å². The lowest BCUT2D eigenvalue weighted by Crippen LogP contribution is -2.38. The maximum absolute atomic E-state index is 11.7. The first-order chi connectivity index (χ1) is 11.1. The molecule has 0 bridgehead atoms. The number of para-hydroxylation sites is 2. The Kier molecular flexibility index (Phi) is 5.30. The smallest absolute Gasteiger partial charge is 0.325 e. The van der Waals surface area contributed by atoms with Crippen LogP contribution in [-0.4, -0.2) is 24.4 Å². The molecule has 0 spiro atoms. The molecule has 0 aliphatic carbocycles. The highest BCUT2D eigenvalue weighted by atomic mass is 16.2. The van der Waals surface area contributed by atoms with E-state index in [1.54, 1.807) is 48.5 Å². The van der Waals surface area contributed by atoms with Crippen LogP contribution in [0.25, 0.3) is 0 Å². The summed E-state index contributed by atoms with van der Waals surface area (Å²) in [4.78, 5) is 34.7. The lowest BCUT2D eigenvalue weighted by Gasteiger charge is -2.10. The van der Waals surface area contributed by atoms with Gasteiger partial charge >= 0.3 is 6.03 Å². The van der Waals surface area contributed by atoms with Crippen molar-refractivity contribution in [1.82, 2.24) is 5.32 Å². The molecule has 0 aliphatic heterocycles. The number of benzene rings is 2. The number of carbonyl (C=O) groups is 3. The molecule has 2 rings (SSSR count).